The zero-order valence-corrected chi connectivity index (χ0v) is 20.7. The highest BCUT2D eigenvalue weighted by Gasteiger charge is 2.49. The van der Waals surface area contributed by atoms with Gasteiger partial charge in [-0.05, 0) is 11.1 Å². The van der Waals surface area contributed by atoms with Crippen LogP contribution in [0.25, 0.3) is 0 Å². The molecule has 0 spiro atoms. The van der Waals surface area contributed by atoms with E-state index >= 15 is 8.78 Å². The van der Waals surface area contributed by atoms with E-state index in [1.54, 1.807) is 30.3 Å². The molecule has 202 valence electrons. The molecule has 12 heteroatoms. The molecule has 2 aromatic carbocycles. The number of nitrogens with zero attached hydrogens (tertiary/aromatic N) is 2. The maximum atomic E-state index is 16.0. The molecule has 3 unspecified atom stereocenters. The topological polar surface area (TPSA) is 82.2 Å². The number of aromatic nitrogens is 2. The van der Waals surface area contributed by atoms with E-state index in [0.717, 1.165) is 6.07 Å². The number of alkyl halides is 4. The molecule has 2 aliphatic heterocycles. The fourth-order valence-corrected chi connectivity index (χ4v) is 5.76. The van der Waals surface area contributed by atoms with Gasteiger partial charge in [-0.25, -0.2) is 13.8 Å². The summed E-state index contributed by atoms with van der Waals surface area (Å²) in [5, 5.41) is 2.44. The molecule has 5 rings (SSSR count). The molecule has 6 nitrogen and oxygen atoms in total. The SMILES string of the molecule is NC(=O)C1Cn2ccnc2C(F)C1c1c(Cl)c(F)cc2c1C[C@@](CNCCC(F)(F)F)(c1ccccc1)O2. The average molecular weight is 555 g/mol. The third-order valence-electron chi connectivity index (χ3n) is 7.23. The molecule has 0 fully saturated rings. The zero-order valence-electron chi connectivity index (χ0n) is 19.9. The minimum Gasteiger partial charge on any atom is -0.480 e. The number of carbonyl (C=O) groups is 1. The Hall–Kier alpha value is -3.18. The van der Waals surface area contributed by atoms with E-state index in [-0.39, 0.29) is 48.2 Å². The molecule has 0 radical (unpaired) electrons. The van der Waals surface area contributed by atoms with Crippen LogP contribution in [0.1, 0.15) is 41.0 Å². The van der Waals surface area contributed by atoms with Crippen molar-refractivity contribution < 1.29 is 31.5 Å². The van der Waals surface area contributed by atoms with Crippen molar-refractivity contribution in [2.24, 2.45) is 11.7 Å². The highest BCUT2D eigenvalue weighted by molar-refractivity contribution is 6.31. The Morgan fingerprint density at radius 1 is 1.29 bits per heavy atom. The van der Waals surface area contributed by atoms with Crippen molar-refractivity contribution in [3.8, 4) is 5.75 Å². The number of ether oxygens (including phenoxy) is 1. The number of amides is 1. The van der Waals surface area contributed by atoms with Crippen LogP contribution in [0.5, 0.6) is 5.75 Å². The highest BCUT2D eigenvalue weighted by atomic mass is 35.5. The first-order chi connectivity index (χ1) is 18.0. The van der Waals surface area contributed by atoms with Gasteiger partial charge in [-0.1, -0.05) is 41.9 Å². The van der Waals surface area contributed by atoms with Gasteiger partial charge in [-0.2, -0.15) is 13.2 Å². The van der Waals surface area contributed by atoms with E-state index < -0.39 is 47.9 Å². The van der Waals surface area contributed by atoms with Crippen LogP contribution in [-0.4, -0.2) is 34.7 Å². The second kappa shape index (κ2) is 9.85. The molecular weight excluding hydrogens is 531 g/mol. The van der Waals surface area contributed by atoms with Crippen molar-refractivity contribution in [2.75, 3.05) is 13.1 Å². The van der Waals surface area contributed by atoms with Crippen LogP contribution in [0.2, 0.25) is 5.02 Å². The first kappa shape index (κ1) is 26.4. The van der Waals surface area contributed by atoms with Crippen molar-refractivity contribution in [3.05, 3.63) is 82.1 Å². The predicted octanol–water partition coefficient (Wildman–Crippen LogP) is 4.96. The molecule has 3 N–H and O–H groups in total. The standard InChI is InChI=1S/C26H24ClF5N4O2/c27-21-17(28)10-18-15(19(21)20-16(23(33)37)12-36-9-8-35-24(36)22(20)29)11-25(38-18,14-4-2-1-3-5-14)13-34-7-6-26(30,31)32/h1-5,8-10,16,20,22,34H,6-7,11-13H2,(H2,33,37)/t16?,20?,22?,25-/m1/s1. The largest absolute Gasteiger partial charge is 0.480 e. The third kappa shape index (κ3) is 4.73. The molecule has 2 aliphatic rings. The molecule has 0 bridgehead atoms. The lowest BCUT2D eigenvalue weighted by Crippen LogP contribution is -2.43. The Labute approximate surface area is 219 Å². The number of rotatable bonds is 7. The number of halogens is 6. The normalized spacial score (nSPS) is 24.5. The number of fused-ring (bicyclic) bond motifs is 2. The Morgan fingerprint density at radius 2 is 2.03 bits per heavy atom. The van der Waals surface area contributed by atoms with Gasteiger partial charge in [0, 0.05) is 56.0 Å². The lowest BCUT2D eigenvalue weighted by atomic mass is 9.76. The number of carbonyl (C=O) groups excluding carboxylic acids is 1. The Bertz CT molecular complexity index is 1350. The van der Waals surface area contributed by atoms with Gasteiger partial charge in [-0.3, -0.25) is 4.79 Å². The minimum absolute atomic E-state index is 0.0288. The van der Waals surface area contributed by atoms with Gasteiger partial charge in [-0.15, -0.1) is 0 Å². The maximum Gasteiger partial charge on any atom is 0.390 e. The van der Waals surface area contributed by atoms with Crippen molar-refractivity contribution in [2.45, 2.75) is 43.3 Å². The Kier molecular flexibility index (Phi) is 6.85. The zero-order chi connectivity index (χ0) is 27.2. The first-order valence-corrected chi connectivity index (χ1v) is 12.4. The smallest absolute Gasteiger partial charge is 0.390 e. The number of benzene rings is 2. The summed E-state index contributed by atoms with van der Waals surface area (Å²) in [6, 6.07) is 9.84. The monoisotopic (exact) mass is 554 g/mol. The van der Waals surface area contributed by atoms with Crippen LogP contribution in [0, 0.1) is 11.7 Å². The summed E-state index contributed by atoms with van der Waals surface area (Å²) in [6.45, 7) is -0.379. The second-order valence-electron chi connectivity index (χ2n) is 9.62. The maximum absolute atomic E-state index is 16.0. The molecule has 38 heavy (non-hydrogen) atoms. The molecule has 1 amide bonds. The third-order valence-corrected chi connectivity index (χ3v) is 7.61. The van der Waals surface area contributed by atoms with E-state index in [2.05, 4.69) is 10.3 Å². The molecule has 3 aromatic rings. The van der Waals surface area contributed by atoms with Crippen LogP contribution >= 0.6 is 11.6 Å². The van der Waals surface area contributed by atoms with Gasteiger partial charge in [0.1, 0.15) is 17.4 Å². The van der Waals surface area contributed by atoms with Crippen molar-refractivity contribution in [3.63, 3.8) is 0 Å². The van der Waals surface area contributed by atoms with E-state index in [1.165, 1.54) is 17.0 Å². The van der Waals surface area contributed by atoms with Crippen molar-refractivity contribution >= 4 is 17.5 Å². The lowest BCUT2D eigenvalue weighted by molar-refractivity contribution is -0.133. The molecule has 0 saturated heterocycles. The van der Waals surface area contributed by atoms with Crippen LogP contribution in [0.4, 0.5) is 22.0 Å². The highest BCUT2D eigenvalue weighted by Crippen LogP contribution is 2.53. The van der Waals surface area contributed by atoms with Crippen LogP contribution < -0.4 is 15.8 Å². The average Bonchev–Trinajstić information content (AvgIpc) is 3.49. The molecule has 4 atom stereocenters. The molecular formula is C26H24ClF5N4O2. The number of nitrogens with two attached hydrogens (primary N) is 1. The van der Waals surface area contributed by atoms with Gasteiger partial charge in [0.2, 0.25) is 5.91 Å². The van der Waals surface area contributed by atoms with E-state index in [4.69, 9.17) is 22.1 Å². The summed E-state index contributed by atoms with van der Waals surface area (Å²) in [5.74, 6) is -3.83. The van der Waals surface area contributed by atoms with Gasteiger partial charge >= 0.3 is 6.18 Å². The van der Waals surface area contributed by atoms with Gasteiger partial charge in [0.25, 0.3) is 0 Å². The number of hydrogen-bond donors (Lipinski definition) is 2. The van der Waals surface area contributed by atoms with Crippen LogP contribution in [-0.2, 0) is 23.4 Å². The number of imidazole rings is 1. The molecule has 3 heterocycles. The quantitative estimate of drug-likeness (QED) is 0.320. The Balaban J connectivity index is 1.58. The van der Waals surface area contributed by atoms with E-state index in [0.29, 0.717) is 11.1 Å². The minimum atomic E-state index is -4.34. The summed E-state index contributed by atoms with van der Waals surface area (Å²) in [4.78, 5) is 16.5. The number of nitrogens with one attached hydrogen (secondary N) is 1. The lowest BCUT2D eigenvalue weighted by Gasteiger charge is -2.35. The summed E-state index contributed by atoms with van der Waals surface area (Å²) in [7, 11) is 0. The van der Waals surface area contributed by atoms with E-state index in [9.17, 15) is 18.0 Å². The van der Waals surface area contributed by atoms with Gasteiger partial charge in [0.15, 0.2) is 11.8 Å². The fourth-order valence-electron chi connectivity index (χ4n) is 5.47. The van der Waals surface area contributed by atoms with Crippen molar-refractivity contribution in [1.82, 2.24) is 14.9 Å². The molecule has 0 saturated carbocycles. The van der Waals surface area contributed by atoms with Crippen LogP contribution in [0.15, 0.2) is 48.8 Å². The van der Waals surface area contributed by atoms with Crippen molar-refractivity contribution in [1.29, 1.82) is 0 Å². The summed E-state index contributed by atoms with van der Waals surface area (Å²) in [5.41, 5.74) is 5.49. The molecule has 0 aliphatic carbocycles. The second-order valence-corrected chi connectivity index (χ2v) is 10.00. The number of primary amides is 1. The first-order valence-electron chi connectivity index (χ1n) is 12.0. The Morgan fingerprint density at radius 3 is 2.71 bits per heavy atom. The van der Waals surface area contributed by atoms with E-state index in [1.807, 2.05) is 0 Å². The summed E-state index contributed by atoms with van der Waals surface area (Å²) in [6.07, 6.45) is -4.24. The summed E-state index contributed by atoms with van der Waals surface area (Å²) < 4.78 is 77.2. The summed E-state index contributed by atoms with van der Waals surface area (Å²) >= 11 is 6.45. The fraction of sp³-hybridized carbons (Fsp3) is 0.385. The predicted molar refractivity (Wildman–Crippen MR) is 129 cm³/mol. The van der Waals surface area contributed by atoms with Crippen LogP contribution in [0.3, 0.4) is 0 Å². The van der Waals surface area contributed by atoms with Gasteiger partial charge in [0.05, 0.1) is 17.4 Å². The molecule has 1 aromatic heterocycles. The number of hydrogen-bond acceptors (Lipinski definition) is 4. The van der Waals surface area contributed by atoms with Gasteiger partial charge < -0.3 is 20.4 Å².